The smallest absolute Gasteiger partial charge is 0.273 e. The molecule has 110 valence electrons. The van der Waals surface area contributed by atoms with Crippen LogP contribution in [0.15, 0.2) is 39.8 Å². The van der Waals surface area contributed by atoms with Gasteiger partial charge in [0.1, 0.15) is 17.6 Å². The minimum Gasteiger partial charge on any atom is -0.446 e. The first kappa shape index (κ1) is 15.0. The van der Waals surface area contributed by atoms with Gasteiger partial charge in [-0.15, -0.1) is 0 Å². The molecule has 1 heterocycles. The van der Waals surface area contributed by atoms with Gasteiger partial charge < -0.3 is 9.73 Å². The maximum Gasteiger partial charge on any atom is 0.273 e. The number of sulfonamides is 1. The molecular formula is C13H12FN3O3S. The minimum absolute atomic E-state index is 0.157. The summed E-state index contributed by atoms with van der Waals surface area (Å²) in [5, 5.41) is 11.6. The molecule has 1 aromatic heterocycles. The number of anilines is 1. The van der Waals surface area contributed by atoms with Crippen molar-refractivity contribution in [1.29, 1.82) is 5.26 Å². The Bertz CT molecular complexity index is 793. The van der Waals surface area contributed by atoms with E-state index in [2.05, 4.69) is 10.0 Å². The molecule has 0 saturated heterocycles. The number of nitrogens with one attached hydrogen (secondary N) is 2. The Balaban J connectivity index is 2.13. The molecule has 2 N–H and O–H groups in total. The highest BCUT2D eigenvalue weighted by Gasteiger charge is 2.16. The van der Waals surface area contributed by atoms with E-state index in [1.54, 1.807) is 0 Å². The molecule has 1 aromatic carbocycles. The van der Waals surface area contributed by atoms with Crippen LogP contribution in [0.25, 0.3) is 0 Å². The molecule has 0 aliphatic rings. The SMILES string of the molecule is CNS(=O)(=O)c1ccc(CNc2ccc(F)cc2C#N)o1. The first-order chi connectivity index (χ1) is 9.96. The Hall–Kier alpha value is -2.37. The number of nitrogens with zero attached hydrogens (tertiary/aromatic N) is 1. The van der Waals surface area contributed by atoms with Gasteiger partial charge in [0.25, 0.3) is 10.0 Å². The molecule has 8 heteroatoms. The third-order valence-corrected chi connectivity index (χ3v) is 4.01. The van der Waals surface area contributed by atoms with E-state index >= 15 is 0 Å². The van der Waals surface area contributed by atoms with E-state index in [1.807, 2.05) is 6.07 Å². The van der Waals surface area contributed by atoms with E-state index in [1.165, 1.54) is 31.3 Å². The second kappa shape index (κ2) is 5.95. The Morgan fingerprint density at radius 3 is 2.76 bits per heavy atom. The third kappa shape index (κ3) is 3.39. The van der Waals surface area contributed by atoms with Gasteiger partial charge in [0, 0.05) is 0 Å². The molecule has 0 aliphatic heterocycles. The van der Waals surface area contributed by atoms with Crippen LogP contribution >= 0.6 is 0 Å². The topological polar surface area (TPSA) is 95.1 Å². The Labute approximate surface area is 121 Å². The van der Waals surface area contributed by atoms with Crippen LogP contribution in [0.4, 0.5) is 10.1 Å². The fourth-order valence-electron chi connectivity index (χ4n) is 1.64. The quantitative estimate of drug-likeness (QED) is 0.878. The highest BCUT2D eigenvalue weighted by Crippen LogP contribution is 2.19. The summed E-state index contributed by atoms with van der Waals surface area (Å²) < 4.78 is 43.4. The normalized spacial score (nSPS) is 11.1. The lowest BCUT2D eigenvalue weighted by Gasteiger charge is -2.06. The van der Waals surface area contributed by atoms with E-state index in [0.717, 1.165) is 6.07 Å². The van der Waals surface area contributed by atoms with E-state index in [-0.39, 0.29) is 17.2 Å². The molecule has 0 atom stereocenters. The van der Waals surface area contributed by atoms with Crippen LogP contribution in [0.3, 0.4) is 0 Å². The van der Waals surface area contributed by atoms with Gasteiger partial charge in [-0.3, -0.25) is 0 Å². The average molecular weight is 309 g/mol. The van der Waals surface area contributed by atoms with Crippen LogP contribution in [0.2, 0.25) is 0 Å². The summed E-state index contributed by atoms with van der Waals surface area (Å²) in [4.78, 5) is 0. The van der Waals surface area contributed by atoms with Crippen LogP contribution in [0, 0.1) is 17.1 Å². The number of benzene rings is 1. The van der Waals surface area contributed by atoms with E-state index in [4.69, 9.17) is 9.68 Å². The van der Waals surface area contributed by atoms with Gasteiger partial charge in [-0.1, -0.05) is 0 Å². The van der Waals surface area contributed by atoms with Crippen molar-refractivity contribution < 1.29 is 17.2 Å². The average Bonchev–Trinajstić information content (AvgIpc) is 2.95. The summed E-state index contributed by atoms with van der Waals surface area (Å²) in [6.07, 6.45) is 0. The molecule has 0 amide bonds. The number of halogens is 1. The van der Waals surface area contributed by atoms with Gasteiger partial charge in [-0.2, -0.15) is 5.26 Å². The molecule has 0 unspecified atom stereocenters. The highest BCUT2D eigenvalue weighted by atomic mass is 32.2. The molecule has 0 bridgehead atoms. The summed E-state index contributed by atoms with van der Waals surface area (Å²) in [7, 11) is -2.34. The zero-order valence-electron chi connectivity index (χ0n) is 11.1. The second-order valence-corrected chi connectivity index (χ2v) is 5.90. The van der Waals surface area contributed by atoms with E-state index in [0.29, 0.717) is 11.4 Å². The summed E-state index contributed by atoms with van der Waals surface area (Å²) in [6, 6.07) is 8.48. The van der Waals surface area contributed by atoms with E-state index in [9.17, 15) is 12.8 Å². The second-order valence-electron chi connectivity index (χ2n) is 4.08. The summed E-state index contributed by atoms with van der Waals surface area (Å²) >= 11 is 0. The predicted octanol–water partition coefficient (Wildman–Crippen LogP) is 1.81. The van der Waals surface area contributed by atoms with Crippen molar-refractivity contribution in [3.8, 4) is 6.07 Å². The lowest BCUT2D eigenvalue weighted by Crippen LogP contribution is -2.17. The fraction of sp³-hybridized carbons (Fsp3) is 0.154. The van der Waals surface area contributed by atoms with Crippen molar-refractivity contribution in [3.05, 3.63) is 47.5 Å². The zero-order chi connectivity index (χ0) is 15.5. The summed E-state index contributed by atoms with van der Waals surface area (Å²) in [5.41, 5.74) is 0.595. The Morgan fingerprint density at radius 2 is 2.10 bits per heavy atom. The maximum atomic E-state index is 13.0. The van der Waals surface area contributed by atoms with Gasteiger partial charge in [0.15, 0.2) is 0 Å². The third-order valence-electron chi connectivity index (χ3n) is 2.73. The molecule has 0 fully saturated rings. The lowest BCUT2D eigenvalue weighted by molar-refractivity contribution is 0.417. The predicted molar refractivity (Wildman–Crippen MR) is 73.4 cm³/mol. The molecule has 21 heavy (non-hydrogen) atoms. The molecule has 0 saturated carbocycles. The van der Waals surface area contributed by atoms with Crippen molar-refractivity contribution in [2.45, 2.75) is 11.6 Å². The van der Waals surface area contributed by atoms with E-state index < -0.39 is 15.8 Å². The van der Waals surface area contributed by atoms with Crippen molar-refractivity contribution in [3.63, 3.8) is 0 Å². The van der Waals surface area contributed by atoms with Gasteiger partial charge in [-0.05, 0) is 37.4 Å². The molecular weight excluding hydrogens is 297 g/mol. The Morgan fingerprint density at radius 1 is 1.33 bits per heavy atom. The number of nitriles is 1. The monoisotopic (exact) mass is 309 g/mol. The van der Waals surface area contributed by atoms with Crippen LogP contribution in [-0.2, 0) is 16.6 Å². The Kier molecular flexibility index (Phi) is 4.26. The molecule has 2 aromatic rings. The van der Waals surface area contributed by atoms with Gasteiger partial charge in [-0.25, -0.2) is 17.5 Å². The first-order valence-corrected chi connectivity index (χ1v) is 7.40. The summed E-state index contributed by atoms with van der Waals surface area (Å²) in [6.45, 7) is 0.166. The van der Waals surface area contributed by atoms with Crippen molar-refractivity contribution >= 4 is 15.7 Å². The van der Waals surface area contributed by atoms with Gasteiger partial charge >= 0.3 is 0 Å². The zero-order valence-corrected chi connectivity index (χ0v) is 11.9. The first-order valence-electron chi connectivity index (χ1n) is 5.92. The highest BCUT2D eigenvalue weighted by molar-refractivity contribution is 7.89. The largest absolute Gasteiger partial charge is 0.446 e. The fourth-order valence-corrected chi connectivity index (χ4v) is 2.31. The minimum atomic E-state index is -3.63. The molecule has 0 spiro atoms. The summed E-state index contributed by atoms with van der Waals surface area (Å²) in [5.74, 6) is -0.130. The maximum absolute atomic E-state index is 13.0. The van der Waals surface area contributed by atoms with Crippen LogP contribution in [0.5, 0.6) is 0 Å². The van der Waals surface area contributed by atoms with Gasteiger partial charge in [0.2, 0.25) is 5.09 Å². The number of furan rings is 1. The lowest BCUT2D eigenvalue weighted by atomic mass is 10.2. The van der Waals surface area contributed by atoms with Gasteiger partial charge in [0.05, 0.1) is 17.8 Å². The number of hydrogen-bond acceptors (Lipinski definition) is 5. The number of hydrogen-bond donors (Lipinski definition) is 2. The molecule has 6 nitrogen and oxygen atoms in total. The standard InChI is InChI=1S/C13H12FN3O3S/c1-16-21(18,19)13-5-3-11(20-13)8-17-12-4-2-10(14)6-9(12)7-15/h2-6,16-17H,8H2,1H3. The van der Waals surface area contributed by atoms with Crippen molar-refractivity contribution in [2.75, 3.05) is 12.4 Å². The molecule has 0 radical (unpaired) electrons. The van der Waals surface area contributed by atoms with Crippen LogP contribution in [-0.4, -0.2) is 15.5 Å². The molecule has 2 rings (SSSR count). The van der Waals surface area contributed by atoms with Crippen LogP contribution < -0.4 is 10.0 Å². The van der Waals surface area contributed by atoms with Crippen LogP contribution in [0.1, 0.15) is 11.3 Å². The molecule has 0 aliphatic carbocycles. The van der Waals surface area contributed by atoms with Crippen molar-refractivity contribution in [1.82, 2.24) is 4.72 Å². The number of rotatable bonds is 5. The van der Waals surface area contributed by atoms with Crippen molar-refractivity contribution in [2.24, 2.45) is 0 Å².